The fourth-order valence-corrected chi connectivity index (χ4v) is 4.33. The topological polar surface area (TPSA) is 111 Å². The third-order valence-electron chi connectivity index (χ3n) is 4.68. The fraction of sp³-hybridized carbons (Fsp3) is 0.300. The minimum absolute atomic E-state index is 0.0331. The van der Waals surface area contributed by atoms with Crippen molar-refractivity contribution in [2.45, 2.75) is 30.8 Å². The molecule has 9 heteroatoms. The summed E-state index contributed by atoms with van der Waals surface area (Å²) >= 11 is 0. The maximum absolute atomic E-state index is 12.6. The van der Waals surface area contributed by atoms with Crippen LogP contribution in [0, 0.1) is 6.92 Å². The fourth-order valence-electron chi connectivity index (χ4n) is 3.22. The molecule has 3 aromatic rings. The SMILES string of the molecule is Cc1nc2cc(NC(=O)c3cccc(S(=O)(=O)NC[C@H]4CCCO4)c3)ccc2o1. The number of nitrogens with zero attached hydrogens (tertiary/aromatic N) is 1. The summed E-state index contributed by atoms with van der Waals surface area (Å²) in [7, 11) is -3.74. The smallest absolute Gasteiger partial charge is 0.255 e. The zero-order chi connectivity index (χ0) is 20.4. The van der Waals surface area contributed by atoms with Crippen LogP contribution in [-0.2, 0) is 14.8 Å². The lowest BCUT2D eigenvalue weighted by Crippen LogP contribution is -2.32. The average Bonchev–Trinajstić information content (AvgIpc) is 3.35. The van der Waals surface area contributed by atoms with Crippen molar-refractivity contribution in [2.75, 3.05) is 18.5 Å². The standard InChI is InChI=1S/C20H21N3O5S/c1-13-22-18-11-15(7-8-19(18)28-13)23-20(24)14-4-2-6-17(10-14)29(25,26)21-12-16-5-3-9-27-16/h2,4,6-8,10-11,16,21H,3,5,9,12H2,1H3,(H,23,24)/t16-/m1/s1. The summed E-state index contributed by atoms with van der Waals surface area (Å²) in [5.74, 6) is 0.123. The third-order valence-corrected chi connectivity index (χ3v) is 6.11. The van der Waals surface area contributed by atoms with E-state index in [1.807, 2.05) is 0 Å². The monoisotopic (exact) mass is 415 g/mol. The molecular formula is C20H21N3O5S. The minimum atomic E-state index is -3.74. The van der Waals surface area contributed by atoms with Crippen molar-refractivity contribution < 1.29 is 22.4 Å². The predicted molar refractivity (Wildman–Crippen MR) is 107 cm³/mol. The zero-order valence-corrected chi connectivity index (χ0v) is 16.7. The van der Waals surface area contributed by atoms with Crippen LogP contribution in [0.4, 0.5) is 5.69 Å². The average molecular weight is 415 g/mol. The Balaban J connectivity index is 1.48. The summed E-state index contributed by atoms with van der Waals surface area (Å²) in [5, 5.41) is 2.76. The number of carbonyl (C=O) groups is 1. The van der Waals surface area contributed by atoms with Gasteiger partial charge < -0.3 is 14.5 Å². The van der Waals surface area contributed by atoms with E-state index in [4.69, 9.17) is 9.15 Å². The van der Waals surface area contributed by atoms with Gasteiger partial charge in [0.2, 0.25) is 10.0 Å². The molecule has 1 atom stereocenters. The van der Waals surface area contributed by atoms with Gasteiger partial charge in [-0.15, -0.1) is 0 Å². The molecule has 0 spiro atoms. The van der Waals surface area contributed by atoms with Gasteiger partial charge in [-0.05, 0) is 49.2 Å². The molecule has 0 unspecified atom stereocenters. The number of anilines is 1. The van der Waals surface area contributed by atoms with Gasteiger partial charge >= 0.3 is 0 Å². The van der Waals surface area contributed by atoms with E-state index in [0.29, 0.717) is 29.3 Å². The van der Waals surface area contributed by atoms with Crippen molar-refractivity contribution in [2.24, 2.45) is 0 Å². The number of rotatable bonds is 6. The maximum Gasteiger partial charge on any atom is 0.255 e. The number of hydrogen-bond donors (Lipinski definition) is 2. The van der Waals surface area contributed by atoms with Crippen molar-refractivity contribution in [1.82, 2.24) is 9.71 Å². The normalized spacial score (nSPS) is 16.9. The van der Waals surface area contributed by atoms with E-state index < -0.39 is 15.9 Å². The highest BCUT2D eigenvalue weighted by Crippen LogP contribution is 2.21. The summed E-state index contributed by atoms with van der Waals surface area (Å²) in [6.07, 6.45) is 1.66. The zero-order valence-electron chi connectivity index (χ0n) is 15.8. The van der Waals surface area contributed by atoms with Gasteiger partial charge in [0.15, 0.2) is 11.5 Å². The first-order valence-electron chi connectivity index (χ1n) is 9.30. The second-order valence-electron chi connectivity index (χ2n) is 6.88. The van der Waals surface area contributed by atoms with Crippen LogP contribution in [0.3, 0.4) is 0 Å². The summed E-state index contributed by atoms with van der Waals surface area (Å²) < 4.78 is 38.5. The lowest BCUT2D eigenvalue weighted by atomic mass is 10.2. The number of benzene rings is 2. The van der Waals surface area contributed by atoms with Crippen molar-refractivity contribution in [1.29, 1.82) is 0 Å². The molecule has 2 N–H and O–H groups in total. The lowest BCUT2D eigenvalue weighted by Gasteiger charge is -2.12. The van der Waals surface area contributed by atoms with Gasteiger partial charge in [0, 0.05) is 31.3 Å². The number of carbonyl (C=O) groups excluding carboxylic acids is 1. The first-order chi connectivity index (χ1) is 13.9. The van der Waals surface area contributed by atoms with E-state index in [2.05, 4.69) is 15.0 Å². The summed E-state index contributed by atoms with van der Waals surface area (Å²) in [4.78, 5) is 16.9. The molecule has 8 nitrogen and oxygen atoms in total. The van der Waals surface area contributed by atoms with E-state index in [1.165, 1.54) is 12.1 Å². The largest absolute Gasteiger partial charge is 0.441 e. The summed E-state index contributed by atoms with van der Waals surface area (Å²) in [6.45, 7) is 2.62. The number of aromatic nitrogens is 1. The van der Waals surface area contributed by atoms with E-state index in [0.717, 1.165) is 12.8 Å². The van der Waals surface area contributed by atoms with Crippen LogP contribution >= 0.6 is 0 Å². The lowest BCUT2D eigenvalue weighted by molar-refractivity contribution is 0.102. The molecule has 4 rings (SSSR count). The number of sulfonamides is 1. The molecule has 1 aliphatic rings. The molecule has 1 aromatic heterocycles. The number of nitrogens with one attached hydrogen (secondary N) is 2. The van der Waals surface area contributed by atoms with Gasteiger partial charge in [0.25, 0.3) is 5.91 Å². The van der Waals surface area contributed by atoms with Crippen molar-refractivity contribution in [3.05, 3.63) is 53.9 Å². The van der Waals surface area contributed by atoms with E-state index >= 15 is 0 Å². The molecule has 1 saturated heterocycles. The van der Waals surface area contributed by atoms with Gasteiger partial charge in [0.1, 0.15) is 5.52 Å². The molecular weight excluding hydrogens is 394 g/mol. The van der Waals surface area contributed by atoms with Gasteiger partial charge in [-0.25, -0.2) is 18.1 Å². The predicted octanol–water partition coefficient (Wildman–Crippen LogP) is 2.85. The molecule has 0 saturated carbocycles. The van der Waals surface area contributed by atoms with Crippen LogP contribution < -0.4 is 10.0 Å². The van der Waals surface area contributed by atoms with Crippen LogP contribution in [0.2, 0.25) is 0 Å². The number of hydrogen-bond acceptors (Lipinski definition) is 6. The molecule has 152 valence electrons. The van der Waals surface area contributed by atoms with Crippen molar-refractivity contribution in [3.63, 3.8) is 0 Å². The third kappa shape index (κ3) is 4.47. The van der Waals surface area contributed by atoms with Crippen LogP contribution in [0.5, 0.6) is 0 Å². The van der Waals surface area contributed by atoms with Crippen molar-refractivity contribution in [3.8, 4) is 0 Å². The van der Waals surface area contributed by atoms with Crippen LogP contribution in [0.25, 0.3) is 11.1 Å². The second kappa shape index (κ2) is 7.94. The quantitative estimate of drug-likeness (QED) is 0.641. The van der Waals surface area contributed by atoms with Gasteiger partial charge in [-0.2, -0.15) is 0 Å². The molecule has 29 heavy (non-hydrogen) atoms. The molecule has 2 heterocycles. The van der Waals surface area contributed by atoms with Gasteiger partial charge in [0.05, 0.1) is 11.0 Å². The van der Waals surface area contributed by atoms with Gasteiger partial charge in [-0.1, -0.05) is 6.07 Å². The molecule has 1 fully saturated rings. The number of amides is 1. The van der Waals surface area contributed by atoms with Crippen LogP contribution in [0.1, 0.15) is 29.1 Å². The second-order valence-corrected chi connectivity index (χ2v) is 8.65. The molecule has 0 radical (unpaired) electrons. The van der Waals surface area contributed by atoms with E-state index in [9.17, 15) is 13.2 Å². The minimum Gasteiger partial charge on any atom is -0.441 e. The molecule has 0 bridgehead atoms. The van der Waals surface area contributed by atoms with Gasteiger partial charge in [-0.3, -0.25) is 4.79 Å². The molecule has 1 aliphatic heterocycles. The molecule has 0 aliphatic carbocycles. The Morgan fingerprint density at radius 2 is 2.10 bits per heavy atom. The summed E-state index contributed by atoms with van der Waals surface area (Å²) in [5.41, 5.74) is 2.04. The molecule has 2 aromatic carbocycles. The number of ether oxygens (including phenoxy) is 1. The Bertz CT molecular complexity index is 1150. The van der Waals surface area contributed by atoms with Crippen LogP contribution in [-0.4, -0.2) is 38.6 Å². The van der Waals surface area contributed by atoms with Crippen LogP contribution in [0.15, 0.2) is 51.8 Å². The van der Waals surface area contributed by atoms with E-state index in [1.54, 1.807) is 37.3 Å². The first kappa shape index (κ1) is 19.6. The first-order valence-corrected chi connectivity index (χ1v) is 10.8. The Morgan fingerprint density at radius 3 is 2.90 bits per heavy atom. The number of aryl methyl sites for hydroxylation is 1. The maximum atomic E-state index is 12.6. The molecule has 1 amide bonds. The van der Waals surface area contributed by atoms with E-state index in [-0.39, 0.29) is 23.1 Å². The van der Waals surface area contributed by atoms with Crippen molar-refractivity contribution >= 4 is 32.7 Å². The Morgan fingerprint density at radius 1 is 1.24 bits per heavy atom. The number of oxazole rings is 1. The summed E-state index contributed by atoms with van der Waals surface area (Å²) in [6, 6.07) is 11.0. The number of fused-ring (bicyclic) bond motifs is 1. The highest BCUT2D eigenvalue weighted by Gasteiger charge is 2.21. The Labute approximate surface area is 168 Å². The Kier molecular flexibility index (Phi) is 5.35. The Hall–Kier alpha value is -2.75. The highest BCUT2D eigenvalue weighted by molar-refractivity contribution is 7.89. The highest BCUT2D eigenvalue weighted by atomic mass is 32.2.